The summed E-state index contributed by atoms with van der Waals surface area (Å²) in [5, 5.41) is 44.7. The van der Waals surface area contributed by atoms with Crippen molar-refractivity contribution in [3.05, 3.63) is 166 Å². The number of ether oxygens (including phenoxy) is 2. The lowest BCUT2D eigenvalue weighted by atomic mass is 9.83. The number of quaternary nitrogens is 1. The largest absolute Gasteiger partial charge is 0.526 e. The maximum Gasteiger partial charge on any atom is 0.526 e. The van der Waals surface area contributed by atoms with Gasteiger partial charge in [-0.15, -0.1) is 4.48 Å². The topological polar surface area (TPSA) is 214 Å². The zero-order chi connectivity index (χ0) is 52.6. The Balaban J connectivity index is 1.59. The van der Waals surface area contributed by atoms with Crippen LogP contribution in [0.25, 0.3) is 0 Å². The molecular weight excluding hydrogens is 893 g/mol. The number of hydrogen-bond acceptors (Lipinski definition) is 12. The molecule has 0 aliphatic carbocycles. The van der Waals surface area contributed by atoms with Crippen LogP contribution < -0.4 is 9.80 Å². The number of nitrogens with one attached hydrogen (secondary N) is 1. The summed E-state index contributed by atoms with van der Waals surface area (Å²) in [5.74, 6) is -2.09. The van der Waals surface area contributed by atoms with Crippen LogP contribution in [0.1, 0.15) is 153 Å². The van der Waals surface area contributed by atoms with Gasteiger partial charge < -0.3 is 35.2 Å². The van der Waals surface area contributed by atoms with Crippen LogP contribution in [0.2, 0.25) is 0 Å². The first-order valence-electron chi connectivity index (χ1n) is 22.7. The van der Waals surface area contributed by atoms with Gasteiger partial charge in [-0.05, 0) is 130 Å². The van der Waals surface area contributed by atoms with Crippen molar-refractivity contribution < 1.29 is 58.7 Å². The molecule has 370 valence electrons. The number of nitrogens with zero attached hydrogens (tertiary/aromatic N) is 1. The highest BCUT2D eigenvalue weighted by Crippen LogP contribution is 2.49. The summed E-state index contributed by atoms with van der Waals surface area (Å²) in [6, 6.07) is 32.2. The first kappa shape index (κ1) is 54.3. The van der Waals surface area contributed by atoms with E-state index in [4.69, 9.17) is 9.47 Å². The average Bonchev–Trinajstić information content (AvgIpc) is 3.29. The van der Waals surface area contributed by atoms with Gasteiger partial charge in [-0.25, -0.2) is 4.79 Å². The molecule has 2 amide bonds. The Labute approximate surface area is 409 Å². The summed E-state index contributed by atoms with van der Waals surface area (Å²) in [5.41, 5.74) is -5.35. The first-order chi connectivity index (χ1) is 32.2. The van der Waals surface area contributed by atoms with Crippen LogP contribution in [0.3, 0.4) is 0 Å². The van der Waals surface area contributed by atoms with Crippen LogP contribution in [0, 0.1) is 0 Å². The predicted octanol–water partition coefficient (Wildman–Crippen LogP) is 9.59. The van der Waals surface area contributed by atoms with E-state index in [9.17, 15) is 49.2 Å². The van der Waals surface area contributed by atoms with Crippen molar-refractivity contribution in [2.24, 2.45) is 0 Å². The summed E-state index contributed by atoms with van der Waals surface area (Å²) in [6.45, 7) is 18.3. The minimum absolute atomic E-state index is 0.197. The smallest absolute Gasteiger partial charge is 0.436 e. The van der Waals surface area contributed by atoms with Gasteiger partial charge in [-0.3, -0.25) is 19.2 Å². The number of benzene rings is 5. The van der Waals surface area contributed by atoms with Crippen LogP contribution >= 0.6 is 0 Å². The molecule has 0 saturated heterocycles. The Kier molecular flexibility index (Phi) is 15.2. The zero-order valence-electron chi connectivity index (χ0n) is 42.1. The summed E-state index contributed by atoms with van der Waals surface area (Å²) >= 11 is 0. The number of Topliss-reactive ketones (excluding diaryl/α,β-unsaturated/α-hetero) is 4. The maximum absolute atomic E-state index is 14.8. The molecule has 70 heavy (non-hydrogen) atoms. The second-order valence-electron chi connectivity index (χ2n) is 20.7. The molecule has 0 fully saturated rings. The van der Waals surface area contributed by atoms with Gasteiger partial charge in [0.05, 0.1) is 12.6 Å². The monoisotopic (exact) mass is 957 g/mol. The van der Waals surface area contributed by atoms with Crippen LogP contribution in [0.5, 0.6) is 0 Å². The molecule has 0 atom stereocenters. The fourth-order valence-corrected chi connectivity index (χ4v) is 8.35. The fourth-order valence-electron chi connectivity index (χ4n) is 8.35. The lowest BCUT2D eigenvalue weighted by molar-refractivity contribution is 0.0487. The van der Waals surface area contributed by atoms with Gasteiger partial charge in [0.15, 0.2) is 29.2 Å². The van der Waals surface area contributed by atoms with Crippen molar-refractivity contribution in [3.63, 3.8) is 0 Å². The minimum Gasteiger partial charge on any atom is -0.436 e. The molecule has 0 aliphatic heterocycles. The average molecular weight is 958 g/mol. The molecule has 0 saturated carbocycles. The Hall–Kier alpha value is -6.68. The van der Waals surface area contributed by atoms with E-state index in [1.807, 2.05) is 26.0 Å². The highest BCUT2D eigenvalue weighted by atomic mass is 16.6. The highest BCUT2D eigenvalue weighted by molar-refractivity contribution is 6.04. The van der Waals surface area contributed by atoms with Gasteiger partial charge in [0.2, 0.25) is 0 Å². The van der Waals surface area contributed by atoms with E-state index in [1.165, 1.54) is 111 Å². The SMILES string of the molecule is COC(=O)[N+](c1ccc(C(=O)C(C)(C)O)cc1)(c1ccc(C(=O)C(C)(C)O)cc1)C(C)(C)c1cccc(C(C)(C)NC(=O)OC(c2ccc(C(=O)C(C)(C)O)cc2)c2ccc(C(=O)C(C)(C)O)cc2)c1. The van der Waals surface area contributed by atoms with E-state index in [0.717, 1.165) is 0 Å². The molecule has 0 aromatic heterocycles. The second-order valence-corrected chi connectivity index (χ2v) is 20.7. The number of carbonyl (C=O) groups excluding carboxylic acids is 6. The van der Waals surface area contributed by atoms with E-state index >= 15 is 0 Å². The van der Waals surface area contributed by atoms with Gasteiger partial charge in [-0.1, -0.05) is 66.7 Å². The second kappa shape index (κ2) is 19.6. The molecule has 5 aromatic carbocycles. The molecule has 0 heterocycles. The molecule has 14 heteroatoms. The molecule has 14 nitrogen and oxygen atoms in total. The highest BCUT2D eigenvalue weighted by Gasteiger charge is 2.57. The lowest BCUT2D eigenvalue weighted by Gasteiger charge is -2.46. The fraction of sp³-hybridized carbons (Fsp3) is 0.357. The van der Waals surface area contributed by atoms with Gasteiger partial charge in [-0.2, -0.15) is 4.79 Å². The van der Waals surface area contributed by atoms with Crippen molar-refractivity contribution in [3.8, 4) is 0 Å². The molecule has 0 aliphatic rings. The Morgan fingerprint density at radius 3 is 1.10 bits per heavy atom. The molecule has 0 unspecified atom stereocenters. The number of carbonyl (C=O) groups is 6. The number of ketones is 4. The van der Waals surface area contributed by atoms with Crippen molar-refractivity contribution in [1.82, 2.24) is 9.80 Å². The van der Waals surface area contributed by atoms with Gasteiger partial charge >= 0.3 is 12.2 Å². The summed E-state index contributed by atoms with van der Waals surface area (Å²) < 4.78 is 11.1. The van der Waals surface area contributed by atoms with Crippen molar-refractivity contribution in [1.29, 1.82) is 0 Å². The van der Waals surface area contributed by atoms with Crippen LogP contribution in [-0.4, -0.2) is 85.3 Å². The standard InChI is InChI=1S/C56H64N2O12/c1-51(2,57-49(63)70-44(34-17-21-36(22-18-34)45(59)53(5,6)65)35-19-23-37(24-20-35)46(60)54(7,8)66)40-15-14-16-41(33-40)52(3,4)58(50(64)69-13,42-29-25-38(26-30-42)47(61)55(9,10)67)43-31-27-39(28-32-43)48(62)56(11,12)68/h14-33,44,65-68H,1-13H3/p+1. The molecular formula is C56H65N2O12+. The molecule has 5 N–H and O–H groups in total. The number of alkyl carbamates (subject to hydrolysis) is 1. The van der Waals surface area contributed by atoms with Gasteiger partial charge in [0.25, 0.3) is 0 Å². The van der Waals surface area contributed by atoms with Crippen molar-refractivity contribution in [2.75, 3.05) is 7.11 Å². The number of amides is 2. The Bertz CT molecular complexity index is 2620. The quantitative estimate of drug-likeness (QED) is 0.0435. The number of aliphatic hydroxyl groups is 4. The first-order valence-corrected chi connectivity index (χ1v) is 22.7. The van der Waals surface area contributed by atoms with Crippen molar-refractivity contribution >= 4 is 46.7 Å². The Morgan fingerprint density at radius 2 is 0.786 bits per heavy atom. The maximum atomic E-state index is 14.8. The number of methoxy groups -OCH3 is 1. The van der Waals surface area contributed by atoms with Crippen LogP contribution in [0.4, 0.5) is 21.0 Å². The number of hydrogen-bond donors (Lipinski definition) is 5. The van der Waals surface area contributed by atoms with E-state index in [-0.39, 0.29) is 22.3 Å². The molecule has 0 spiro atoms. The minimum atomic E-state index is -1.68. The zero-order valence-corrected chi connectivity index (χ0v) is 42.1. The van der Waals surface area contributed by atoms with Crippen LogP contribution in [0.15, 0.2) is 121 Å². The third-order valence-electron chi connectivity index (χ3n) is 12.4. The van der Waals surface area contributed by atoms with E-state index < -0.39 is 79.4 Å². The Morgan fingerprint density at radius 1 is 0.471 bits per heavy atom. The molecule has 5 aromatic rings. The predicted molar refractivity (Wildman–Crippen MR) is 266 cm³/mol. The summed E-state index contributed by atoms with van der Waals surface area (Å²) in [6.07, 6.45) is -2.64. The molecule has 0 bridgehead atoms. The number of rotatable bonds is 17. The third kappa shape index (κ3) is 11.2. The summed E-state index contributed by atoms with van der Waals surface area (Å²) in [7, 11) is 1.25. The lowest BCUT2D eigenvalue weighted by Crippen LogP contribution is -2.61. The van der Waals surface area contributed by atoms with E-state index in [1.54, 1.807) is 74.5 Å². The van der Waals surface area contributed by atoms with Crippen LogP contribution in [-0.2, 0) is 20.6 Å². The molecule has 5 rings (SSSR count). The third-order valence-corrected chi connectivity index (χ3v) is 12.4. The molecule has 0 radical (unpaired) electrons. The van der Waals surface area contributed by atoms with Crippen molar-refractivity contribution in [2.45, 2.75) is 123 Å². The van der Waals surface area contributed by atoms with Gasteiger partial charge in [0.1, 0.15) is 39.3 Å². The summed E-state index contributed by atoms with van der Waals surface area (Å²) in [4.78, 5) is 81.0. The van der Waals surface area contributed by atoms with Gasteiger partial charge in [0, 0.05) is 52.1 Å². The van der Waals surface area contributed by atoms with E-state index in [0.29, 0.717) is 33.6 Å². The van der Waals surface area contributed by atoms with E-state index in [2.05, 4.69) is 5.32 Å². The normalized spacial score (nSPS) is 12.8.